The highest BCUT2D eigenvalue weighted by Gasteiger charge is 2.47. The molecular weight excluding hydrogens is 1570 g/mol. The zero-order valence-corrected chi connectivity index (χ0v) is 70.9. The highest BCUT2D eigenvalue weighted by Crippen LogP contribution is 2.57. The van der Waals surface area contributed by atoms with Gasteiger partial charge in [0.05, 0.1) is 73.4 Å². The number of amides is 6. The van der Waals surface area contributed by atoms with Crippen molar-refractivity contribution in [3.63, 3.8) is 0 Å². The van der Waals surface area contributed by atoms with Crippen molar-refractivity contribution >= 4 is 54.4 Å². The Labute approximate surface area is 695 Å². The third-order valence-electron chi connectivity index (χ3n) is 20.5. The number of Topliss-reactive ketones (excluding diaryl/α,β-unsaturated/α-hetero) is 2. The second-order valence-electron chi connectivity index (χ2n) is 31.8. The molecule has 118 heavy (non-hydrogen) atoms. The van der Waals surface area contributed by atoms with Gasteiger partial charge in [-0.05, 0) is 89.9 Å². The molecule has 0 radical (unpaired) electrons. The van der Waals surface area contributed by atoms with Crippen LogP contribution in [0.15, 0.2) is 0 Å². The molecule has 0 aromatic rings. The first-order chi connectivity index (χ1) is 56.4. The number of ketones is 2. The van der Waals surface area contributed by atoms with Crippen LogP contribution in [-0.4, -0.2) is 330 Å². The van der Waals surface area contributed by atoms with Gasteiger partial charge < -0.3 is 145 Å². The first kappa shape index (κ1) is 108. The summed E-state index contributed by atoms with van der Waals surface area (Å²) in [6.45, 7) is 8.46. The molecule has 37 nitrogen and oxygen atoms in total. The summed E-state index contributed by atoms with van der Waals surface area (Å²) in [6, 6.07) is 0. The van der Waals surface area contributed by atoms with E-state index in [9.17, 15) is 104 Å². The standard InChI is InChI=1S/C80H146N6O31P/c1-79(2,3)118(4,107)114-46-22-13-9-11-15-29-56(90)28-14-10-7-5-6-8-12-16-34-66(97)86-80(53-108-47-35-63(94)81-38-21-17-30-57(91)31-18-23-43-111-76-73(104)70(101)67(98)58(50-87)115-76,54-109-48-36-64(95)84-41-26-39-82-61(92)32-19-24-44-112-77-74(105)71(102)68(99)59(51-88)116-77)55-110-49-37-65(96)85-42-27-40-83-62(93)33-20-25-45-113-78-75(106)72(103)69(100)60(52-89)117-78/h58-60,67-78,87-89,98-106H,4-55H2,1-3H3,(H,81,94)(H,82,92)(H,83,93)(H,84,95)(H,85,96)(H,86,97)/q-1/t58?,59?,60?,67-,68-,69-,70+,71+,72+,73?,74?,75?,76+,77+,78+,80?,118?/m1/s1. The van der Waals surface area contributed by atoms with Crippen LogP contribution in [0.4, 0.5) is 0 Å². The Morgan fingerprint density at radius 2 is 0.585 bits per heavy atom. The van der Waals surface area contributed by atoms with Crippen molar-refractivity contribution < 1.29 is 151 Å². The van der Waals surface area contributed by atoms with Crippen molar-refractivity contribution in [1.29, 1.82) is 0 Å². The lowest BCUT2D eigenvalue weighted by Gasteiger charge is -2.39. The van der Waals surface area contributed by atoms with Gasteiger partial charge in [-0.1, -0.05) is 78.6 Å². The number of nitrogens with one attached hydrogen (secondary N) is 6. The van der Waals surface area contributed by atoms with Gasteiger partial charge in [-0.15, -0.1) is 0 Å². The molecule has 0 aliphatic carbocycles. The SMILES string of the molecule is [CH2-]P(=O)(OCCCCCCCC(=O)CCCCCCCCCCC(=O)NC(COCCC(=O)NCCCCC(=O)CCCCO[C@H]1OC(CO)[C@@H](O)[C@H](O)C1O)(COCCC(=O)NCCCNC(=O)CCCCO[C@H]1OC(CO)[C@@H](O)[C@H](O)C1O)COCCC(=O)NCCCNC(=O)CCCCO[C@H]1OC(CO)[C@@H](O)[C@H](O)C1O)C(C)(C)C. The zero-order chi connectivity index (χ0) is 87.2. The Morgan fingerprint density at radius 3 is 0.915 bits per heavy atom. The Kier molecular flexibility index (Phi) is 57.1. The Bertz CT molecular complexity index is 2600. The number of rotatable bonds is 70. The second-order valence-corrected chi connectivity index (χ2v) is 34.8. The third-order valence-corrected chi connectivity index (χ3v) is 23.2. The van der Waals surface area contributed by atoms with Crippen molar-refractivity contribution in [1.82, 2.24) is 31.9 Å². The molecule has 38 heteroatoms. The second kappa shape index (κ2) is 62.6. The van der Waals surface area contributed by atoms with Crippen LogP contribution < -0.4 is 31.9 Å². The van der Waals surface area contributed by atoms with Gasteiger partial charge in [0, 0.05) is 122 Å². The molecule has 688 valence electrons. The van der Waals surface area contributed by atoms with E-state index in [1.54, 1.807) is 0 Å². The van der Waals surface area contributed by atoms with Crippen LogP contribution in [-0.2, 0) is 90.1 Å². The summed E-state index contributed by atoms with van der Waals surface area (Å²) >= 11 is 0. The number of hydrogen-bond donors (Lipinski definition) is 18. The van der Waals surface area contributed by atoms with Crippen molar-refractivity contribution in [3.05, 3.63) is 6.66 Å². The van der Waals surface area contributed by atoms with Crippen molar-refractivity contribution in [2.75, 3.05) is 119 Å². The average Bonchev–Trinajstić information content (AvgIpc) is 0.729. The topological polar surface area (TPSA) is 561 Å². The van der Waals surface area contributed by atoms with Crippen LogP contribution in [0.2, 0.25) is 0 Å². The number of carbonyl (C=O) groups is 8. The Hall–Kier alpha value is -4.49. The van der Waals surface area contributed by atoms with E-state index in [4.69, 9.17) is 47.2 Å². The normalized spacial score (nSPS) is 24.5. The molecule has 0 saturated carbocycles. The molecule has 3 aliphatic heterocycles. The van der Waals surface area contributed by atoms with Crippen molar-refractivity contribution in [2.24, 2.45) is 0 Å². The molecule has 3 heterocycles. The summed E-state index contributed by atoms with van der Waals surface area (Å²) in [6.07, 6.45) is -3.43. The van der Waals surface area contributed by atoms with Gasteiger partial charge in [0.25, 0.3) is 0 Å². The smallest absolute Gasteiger partial charge is 0.222 e. The van der Waals surface area contributed by atoms with Crippen molar-refractivity contribution in [3.8, 4) is 0 Å². The lowest BCUT2D eigenvalue weighted by Crippen LogP contribution is -2.59. The molecule has 18 N–H and O–H groups in total. The van der Waals surface area contributed by atoms with E-state index in [2.05, 4.69) is 38.6 Å². The molecule has 3 aliphatic rings. The lowest BCUT2D eigenvalue weighted by atomic mass is 9.99. The highest BCUT2D eigenvalue weighted by molar-refractivity contribution is 7.61. The first-order valence-corrected chi connectivity index (χ1v) is 44.5. The predicted octanol–water partition coefficient (Wildman–Crippen LogP) is 0.818. The molecule has 0 aromatic carbocycles. The largest absolute Gasteiger partial charge is 0.394 e. The Balaban J connectivity index is 1.54. The predicted molar refractivity (Wildman–Crippen MR) is 429 cm³/mol. The monoisotopic (exact) mass is 1720 g/mol. The van der Waals surface area contributed by atoms with Gasteiger partial charge >= 0.3 is 0 Å². The molecule has 0 spiro atoms. The van der Waals surface area contributed by atoms with E-state index in [1.807, 2.05) is 20.8 Å². The summed E-state index contributed by atoms with van der Waals surface area (Å²) in [5.74, 6) is -1.61. The van der Waals surface area contributed by atoms with E-state index < -0.39 is 130 Å². The molecule has 16 atom stereocenters. The first-order valence-electron chi connectivity index (χ1n) is 42.7. The van der Waals surface area contributed by atoms with Gasteiger partial charge in [0.2, 0.25) is 35.4 Å². The summed E-state index contributed by atoms with van der Waals surface area (Å²) in [7, 11) is -2.92. The van der Waals surface area contributed by atoms with E-state index in [-0.39, 0.29) is 191 Å². The van der Waals surface area contributed by atoms with Crippen LogP contribution in [0.25, 0.3) is 0 Å². The molecule has 3 fully saturated rings. The fourth-order valence-corrected chi connectivity index (χ4v) is 13.6. The number of aliphatic hydroxyl groups excluding tert-OH is 12. The summed E-state index contributed by atoms with van der Waals surface area (Å²) < 4.78 is 69.1. The molecule has 7 unspecified atom stereocenters. The number of aliphatic hydroxyl groups is 12. The van der Waals surface area contributed by atoms with Gasteiger partial charge in [-0.3, -0.25) is 45.0 Å². The molecule has 3 saturated heterocycles. The van der Waals surface area contributed by atoms with Crippen LogP contribution in [0.1, 0.15) is 233 Å². The molecule has 6 amide bonds. The van der Waals surface area contributed by atoms with Crippen LogP contribution >= 0.6 is 7.37 Å². The van der Waals surface area contributed by atoms with E-state index >= 15 is 0 Å². The molecule has 0 bridgehead atoms. The summed E-state index contributed by atoms with van der Waals surface area (Å²) in [4.78, 5) is 104. The van der Waals surface area contributed by atoms with Crippen LogP contribution in [0, 0.1) is 6.66 Å². The number of carbonyl (C=O) groups excluding carboxylic acids is 8. The quantitative estimate of drug-likeness (QED) is 0.0228. The number of ether oxygens (including phenoxy) is 9. The fourth-order valence-electron chi connectivity index (χ4n) is 12.8. The van der Waals surface area contributed by atoms with Crippen LogP contribution in [0.3, 0.4) is 0 Å². The minimum atomic E-state index is -2.92. The van der Waals surface area contributed by atoms with Crippen molar-refractivity contribution in [2.45, 2.75) is 335 Å². The fraction of sp³-hybridized carbons (Fsp3) is 0.887. The molecule has 3 rings (SSSR count). The number of hydrogen-bond acceptors (Lipinski definition) is 31. The van der Waals surface area contributed by atoms with Gasteiger partial charge in [0.1, 0.15) is 90.4 Å². The van der Waals surface area contributed by atoms with E-state index in [0.29, 0.717) is 90.1 Å². The molecule has 0 aromatic heterocycles. The van der Waals surface area contributed by atoms with Gasteiger partial charge in [0.15, 0.2) is 18.9 Å². The zero-order valence-electron chi connectivity index (χ0n) is 70.0. The summed E-state index contributed by atoms with van der Waals surface area (Å²) in [5.41, 5.74) is -1.40. The average molecular weight is 1720 g/mol. The van der Waals surface area contributed by atoms with Crippen LogP contribution in [0.5, 0.6) is 0 Å². The Morgan fingerprint density at radius 1 is 0.322 bits per heavy atom. The van der Waals surface area contributed by atoms with Gasteiger partial charge in [-0.2, -0.15) is 0 Å². The highest BCUT2D eigenvalue weighted by atomic mass is 31.2. The summed E-state index contributed by atoms with van der Waals surface area (Å²) in [5, 5.41) is 135. The maximum absolute atomic E-state index is 14.0. The lowest BCUT2D eigenvalue weighted by molar-refractivity contribution is -0.301. The number of unbranched alkanes of at least 4 members (excludes halogenated alkanes) is 15. The maximum Gasteiger partial charge on any atom is 0.222 e. The minimum absolute atomic E-state index is 0.00430. The van der Waals surface area contributed by atoms with E-state index in [1.165, 1.54) is 0 Å². The third kappa shape index (κ3) is 45.8. The maximum atomic E-state index is 14.0. The molecular formula is C80H146N6O31P-. The minimum Gasteiger partial charge on any atom is -0.394 e. The van der Waals surface area contributed by atoms with E-state index in [0.717, 1.165) is 77.0 Å². The van der Waals surface area contributed by atoms with Gasteiger partial charge in [-0.25, -0.2) is 0 Å².